The van der Waals surface area contributed by atoms with Crippen molar-refractivity contribution in [3.8, 4) is 0 Å². The zero-order valence-electron chi connectivity index (χ0n) is 7.76. The fourth-order valence-electron chi connectivity index (χ4n) is 2.05. The molecule has 6 heteroatoms. The summed E-state index contributed by atoms with van der Waals surface area (Å²) in [6.45, 7) is -0.963. The van der Waals surface area contributed by atoms with Crippen molar-refractivity contribution in [1.29, 1.82) is 0 Å². The van der Waals surface area contributed by atoms with E-state index in [0.717, 1.165) is 0 Å². The average Bonchev–Trinajstić information content (AvgIpc) is 2.55. The number of carboxylic acids is 1. The van der Waals surface area contributed by atoms with Crippen LogP contribution in [0.1, 0.15) is 6.42 Å². The third kappa shape index (κ3) is 1.40. The van der Waals surface area contributed by atoms with Crippen molar-refractivity contribution < 1.29 is 25.2 Å². The summed E-state index contributed by atoms with van der Waals surface area (Å²) in [5.41, 5.74) is -1.52. The van der Waals surface area contributed by atoms with Gasteiger partial charge in [-0.2, -0.15) is 0 Å². The van der Waals surface area contributed by atoms with Crippen molar-refractivity contribution >= 4 is 5.97 Å². The Balaban J connectivity index is 3.00. The number of aliphatic hydroxyl groups excluding tert-OH is 3. The first kappa shape index (κ1) is 11.4. The molecular formula is C8H15NO5. The van der Waals surface area contributed by atoms with Crippen LogP contribution in [-0.2, 0) is 4.79 Å². The van der Waals surface area contributed by atoms with Gasteiger partial charge in [-0.15, -0.1) is 0 Å². The molecule has 0 amide bonds. The van der Waals surface area contributed by atoms with Gasteiger partial charge in [-0.1, -0.05) is 0 Å². The summed E-state index contributed by atoms with van der Waals surface area (Å²) in [6.07, 6.45) is 0.462. The van der Waals surface area contributed by atoms with Crippen molar-refractivity contribution in [3.63, 3.8) is 0 Å². The van der Waals surface area contributed by atoms with Crippen LogP contribution in [0.4, 0.5) is 0 Å². The number of aliphatic hydroxyl groups is 3. The maximum Gasteiger partial charge on any atom is 0.326 e. The Labute approximate surface area is 81.4 Å². The first-order chi connectivity index (χ1) is 6.63. The van der Waals surface area contributed by atoms with Crippen LogP contribution in [0.2, 0.25) is 0 Å². The van der Waals surface area contributed by atoms with Gasteiger partial charge in [-0.05, 0) is 6.42 Å². The number of nitrogens with zero attached hydrogens (tertiary/aromatic N) is 1. The van der Waals surface area contributed by atoms with Crippen LogP contribution < -0.4 is 0 Å². The molecule has 4 N–H and O–H groups in total. The molecule has 1 aliphatic heterocycles. The maximum absolute atomic E-state index is 11.1. The van der Waals surface area contributed by atoms with Gasteiger partial charge < -0.3 is 20.4 Å². The van der Waals surface area contributed by atoms with Gasteiger partial charge in [-0.3, -0.25) is 9.69 Å². The quantitative estimate of drug-likeness (QED) is 0.426. The minimum Gasteiger partial charge on any atom is -0.480 e. The molecule has 1 aliphatic rings. The van der Waals surface area contributed by atoms with Gasteiger partial charge in [0.05, 0.1) is 13.3 Å². The molecule has 2 atom stereocenters. The molecule has 82 valence electrons. The van der Waals surface area contributed by atoms with E-state index in [1.165, 1.54) is 4.90 Å². The van der Waals surface area contributed by atoms with E-state index >= 15 is 0 Å². The third-order valence-corrected chi connectivity index (χ3v) is 2.99. The van der Waals surface area contributed by atoms with Crippen LogP contribution in [-0.4, -0.2) is 63.3 Å². The van der Waals surface area contributed by atoms with Gasteiger partial charge in [0.1, 0.15) is 5.54 Å². The summed E-state index contributed by atoms with van der Waals surface area (Å²) in [5, 5.41) is 36.2. The van der Waals surface area contributed by atoms with Crippen molar-refractivity contribution in [1.82, 2.24) is 4.90 Å². The van der Waals surface area contributed by atoms with E-state index in [0.29, 0.717) is 13.0 Å². The monoisotopic (exact) mass is 205 g/mol. The third-order valence-electron chi connectivity index (χ3n) is 2.99. The highest BCUT2D eigenvalue weighted by atomic mass is 16.4. The Morgan fingerprint density at radius 1 is 1.43 bits per heavy atom. The standard InChI is InChI=1S/C8H15NO5/c10-3-6-1-2-9(5-12)8(6,4-11)7(13)14/h6,10-12H,1-5H2,(H,13,14). The predicted molar refractivity (Wildman–Crippen MR) is 46.4 cm³/mol. The molecule has 0 aliphatic carbocycles. The van der Waals surface area contributed by atoms with E-state index in [1.807, 2.05) is 0 Å². The fraction of sp³-hybridized carbons (Fsp3) is 0.875. The van der Waals surface area contributed by atoms with Crippen molar-refractivity contribution in [2.24, 2.45) is 5.92 Å². The SMILES string of the molecule is O=C(O)C1(CO)C(CO)CCN1CO. The van der Waals surface area contributed by atoms with E-state index in [4.69, 9.17) is 20.4 Å². The molecule has 0 bridgehead atoms. The van der Waals surface area contributed by atoms with Crippen LogP contribution in [0.5, 0.6) is 0 Å². The average molecular weight is 205 g/mol. The largest absolute Gasteiger partial charge is 0.480 e. The fourth-order valence-corrected chi connectivity index (χ4v) is 2.05. The second-order valence-corrected chi connectivity index (χ2v) is 3.46. The molecule has 0 aromatic rings. The van der Waals surface area contributed by atoms with Crippen LogP contribution in [0.3, 0.4) is 0 Å². The molecule has 1 rings (SSSR count). The van der Waals surface area contributed by atoms with Gasteiger partial charge >= 0.3 is 5.97 Å². The number of hydrogen-bond acceptors (Lipinski definition) is 5. The Hall–Kier alpha value is -0.690. The minimum absolute atomic E-state index is 0.302. The van der Waals surface area contributed by atoms with Crippen LogP contribution in [0.25, 0.3) is 0 Å². The first-order valence-electron chi connectivity index (χ1n) is 4.44. The molecule has 1 saturated heterocycles. The van der Waals surface area contributed by atoms with Crippen molar-refractivity contribution in [2.75, 3.05) is 26.5 Å². The summed E-state index contributed by atoms with van der Waals surface area (Å²) in [4.78, 5) is 12.3. The number of aliphatic carboxylic acids is 1. The lowest BCUT2D eigenvalue weighted by Crippen LogP contribution is -2.58. The van der Waals surface area contributed by atoms with Gasteiger partial charge in [0.2, 0.25) is 0 Å². The molecular weight excluding hydrogens is 190 g/mol. The van der Waals surface area contributed by atoms with Gasteiger partial charge in [0.15, 0.2) is 0 Å². The summed E-state index contributed by atoms with van der Waals surface area (Å²) >= 11 is 0. The van der Waals surface area contributed by atoms with Gasteiger partial charge in [-0.25, -0.2) is 0 Å². The normalized spacial score (nSPS) is 33.5. The van der Waals surface area contributed by atoms with Crippen LogP contribution >= 0.6 is 0 Å². The molecule has 0 saturated carbocycles. The Bertz CT molecular complexity index is 208. The van der Waals surface area contributed by atoms with Crippen LogP contribution in [0.15, 0.2) is 0 Å². The number of hydrogen-bond donors (Lipinski definition) is 4. The summed E-state index contributed by atoms with van der Waals surface area (Å²) in [5.74, 6) is -1.73. The molecule has 0 aromatic carbocycles. The number of carbonyl (C=O) groups is 1. The highest BCUT2D eigenvalue weighted by Gasteiger charge is 2.53. The Kier molecular flexibility index (Phi) is 3.43. The van der Waals surface area contributed by atoms with Gasteiger partial charge in [0.25, 0.3) is 0 Å². The number of carboxylic acid groups (broad SMARTS) is 1. The molecule has 0 radical (unpaired) electrons. The highest BCUT2D eigenvalue weighted by molar-refractivity contribution is 5.80. The zero-order chi connectivity index (χ0) is 10.8. The molecule has 14 heavy (non-hydrogen) atoms. The lowest BCUT2D eigenvalue weighted by atomic mass is 9.86. The second-order valence-electron chi connectivity index (χ2n) is 3.46. The maximum atomic E-state index is 11.1. The first-order valence-corrected chi connectivity index (χ1v) is 4.44. The van der Waals surface area contributed by atoms with E-state index in [2.05, 4.69) is 0 Å². The minimum atomic E-state index is -1.52. The highest BCUT2D eigenvalue weighted by Crippen LogP contribution is 2.34. The van der Waals surface area contributed by atoms with E-state index in [-0.39, 0.29) is 6.61 Å². The molecule has 0 spiro atoms. The summed E-state index contributed by atoms with van der Waals surface area (Å²) in [7, 11) is 0. The van der Waals surface area contributed by atoms with Gasteiger partial charge in [0, 0.05) is 19.1 Å². The predicted octanol–water partition coefficient (Wildman–Crippen LogP) is -1.93. The summed E-state index contributed by atoms with van der Waals surface area (Å²) < 4.78 is 0. The Morgan fingerprint density at radius 3 is 2.43 bits per heavy atom. The van der Waals surface area contributed by atoms with Crippen LogP contribution in [0, 0.1) is 5.92 Å². The molecule has 0 aromatic heterocycles. The Morgan fingerprint density at radius 2 is 2.07 bits per heavy atom. The second kappa shape index (κ2) is 4.22. The van der Waals surface area contributed by atoms with E-state index in [9.17, 15) is 4.79 Å². The lowest BCUT2D eigenvalue weighted by molar-refractivity contribution is -0.159. The zero-order valence-corrected chi connectivity index (χ0v) is 7.76. The number of rotatable bonds is 4. The van der Waals surface area contributed by atoms with Crippen molar-refractivity contribution in [3.05, 3.63) is 0 Å². The number of likely N-dealkylation sites (tertiary alicyclic amines) is 1. The molecule has 1 heterocycles. The summed E-state index contributed by atoms with van der Waals surface area (Å²) in [6, 6.07) is 0. The van der Waals surface area contributed by atoms with Crippen molar-refractivity contribution in [2.45, 2.75) is 12.0 Å². The van der Waals surface area contributed by atoms with E-state index in [1.54, 1.807) is 0 Å². The molecule has 2 unspecified atom stereocenters. The van der Waals surface area contributed by atoms with E-state index < -0.39 is 30.8 Å². The molecule has 6 nitrogen and oxygen atoms in total. The smallest absolute Gasteiger partial charge is 0.326 e. The lowest BCUT2D eigenvalue weighted by Gasteiger charge is -2.35. The topological polar surface area (TPSA) is 101 Å². The molecule has 1 fully saturated rings.